The van der Waals surface area contributed by atoms with Crippen LogP contribution >= 0.6 is 0 Å². The van der Waals surface area contributed by atoms with Crippen molar-refractivity contribution in [2.45, 2.75) is 19.3 Å². The quantitative estimate of drug-likeness (QED) is 0.546. The molecule has 1 nitrogen and oxygen atoms in total. The molecule has 1 saturated carbocycles. The predicted octanol–water partition coefficient (Wildman–Crippen LogP) is 1.33. The van der Waals surface area contributed by atoms with Gasteiger partial charge < -0.3 is 5.11 Å². The molecule has 0 saturated heterocycles. The lowest BCUT2D eigenvalue weighted by Gasteiger charge is -1.81. The van der Waals surface area contributed by atoms with Gasteiger partial charge in [-0.2, -0.15) is 0 Å². The van der Waals surface area contributed by atoms with Crippen molar-refractivity contribution in [1.29, 1.82) is 0 Å². The largest absolute Gasteiger partial charge is 0.396 e. The van der Waals surface area contributed by atoms with Crippen LogP contribution < -0.4 is 0 Å². The lowest BCUT2D eigenvalue weighted by atomic mass is 10.3. The van der Waals surface area contributed by atoms with E-state index in [0.717, 1.165) is 12.3 Å². The molecule has 1 heteroatoms. The molecule has 0 bridgehead atoms. The van der Waals surface area contributed by atoms with Crippen LogP contribution in [0.25, 0.3) is 0 Å². The van der Waals surface area contributed by atoms with Gasteiger partial charge >= 0.3 is 0 Å². The van der Waals surface area contributed by atoms with Crippen LogP contribution in [0.5, 0.6) is 0 Å². The third kappa shape index (κ3) is 2.12. The molecule has 0 aliphatic heterocycles. The van der Waals surface area contributed by atoms with Crippen molar-refractivity contribution in [3.8, 4) is 0 Å². The highest BCUT2D eigenvalue weighted by Crippen LogP contribution is 2.29. The molecule has 46 valence electrons. The van der Waals surface area contributed by atoms with Crippen LogP contribution in [0.3, 0.4) is 0 Å². The Morgan fingerprint density at radius 1 is 1.50 bits per heavy atom. The minimum absolute atomic E-state index is 0.295. The van der Waals surface area contributed by atoms with Crippen LogP contribution in [0.4, 0.5) is 0 Å². The molecule has 0 unspecified atom stereocenters. The standard InChI is InChI=1S/C7H12O/c8-6-2-1-3-7-4-5-7/h1,3,7-8H,2,4-6H2/b3-1+. The summed E-state index contributed by atoms with van der Waals surface area (Å²) in [6, 6.07) is 0. The normalized spacial score (nSPS) is 20.1. The monoisotopic (exact) mass is 112 g/mol. The zero-order chi connectivity index (χ0) is 5.82. The van der Waals surface area contributed by atoms with Crippen LogP contribution in [0, 0.1) is 5.92 Å². The molecule has 1 N–H and O–H groups in total. The Kier molecular flexibility index (Phi) is 2.10. The molecule has 0 aromatic heterocycles. The van der Waals surface area contributed by atoms with E-state index < -0.39 is 0 Å². The fraction of sp³-hybridized carbons (Fsp3) is 0.714. The van der Waals surface area contributed by atoms with Gasteiger partial charge in [-0.15, -0.1) is 0 Å². The van der Waals surface area contributed by atoms with E-state index in [-0.39, 0.29) is 0 Å². The Labute approximate surface area is 50.0 Å². The van der Waals surface area contributed by atoms with Crippen molar-refractivity contribution in [3.63, 3.8) is 0 Å². The van der Waals surface area contributed by atoms with E-state index in [1.807, 2.05) is 0 Å². The summed E-state index contributed by atoms with van der Waals surface area (Å²) >= 11 is 0. The highest BCUT2D eigenvalue weighted by Gasteiger charge is 2.16. The molecule has 0 heterocycles. The van der Waals surface area contributed by atoms with Gasteiger partial charge in [-0.25, -0.2) is 0 Å². The minimum Gasteiger partial charge on any atom is -0.396 e. The third-order valence-electron chi connectivity index (χ3n) is 1.33. The van der Waals surface area contributed by atoms with Crippen molar-refractivity contribution in [2.75, 3.05) is 6.61 Å². The lowest BCUT2D eigenvalue weighted by molar-refractivity contribution is 0.302. The first-order valence-electron chi connectivity index (χ1n) is 3.21. The Morgan fingerprint density at radius 2 is 2.25 bits per heavy atom. The molecule has 0 amide bonds. The first-order valence-corrected chi connectivity index (χ1v) is 3.21. The molecule has 1 rings (SSSR count). The van der Waals surface area contributed by atoms with E-state index in [1.54, 1.807) is 0 Å². The van der Waals surface area contributed by atoms with E-state index in [9.17, 15) is 0 Å². The average molecular weight is 112 g/mol. The molecule has 8 heavy (non-hydrogen) atoms. The summed E-state index contributed by atoms with van der Waals surface area (Å²) in [7, 11) is 0. The maximum absolute atomic E-state index is 8.35. The molecule has 0 aromatic carbocycles. The van der Waals surface area contributed by atoms with Crippen LogP contribution in [0.1, 0.15) is 19.3 Å². The Morgan fingerprint density at radius 3 is 2.75 bits per heavy atom. The minimum atomic E-state index is 0.295. The molecule has 0 spiro atoms. The first-order chi connectivity index (χ1) is 3.93. The number of hydrogen-bond donors (Lipinski definition) is 1. The Hall–Kier alpha value is -0.300. The molecule has 0 atom stereocenters. The van der Waals surface area contributed by atoms with Crippen LogP contribution in [-0.4, -0.2) is 11.7 Å². The molecule has 0 aromatic rings. The van der Waals surface area contributed by atoms with Gasteiger partial charge in [-0.3, -0.25) is 0 Å². The third-order valence-corrected chi connectivity index (χ3v) is 1.33. The van der Waals surface area contributed by atoms with E-state index in [1.165, 1.54) is 12.8 Å². The van der Waals surface area contributed by atoms with Crippen molar-refractivity contribution >= 4 is 0 Å². The van der Waals surface area contributed by atoms with Gasteiger partial charge in [0.05, 0.1) is 0 Å². The number of aliphatic hydroxyl groups is 1. The second-order valence-corrected chi connectivity index (χ2v) is 2.28. The zero-order valence-electron chi connectivity index (χ0n) is 5.01. The summed E-state index contributed by atoms with van der Waals surface area (Å²) in [5.41, 5.74) is 0. The van der Waals surface area contributed by atoms with Gasteiger partial charge in [-0.1, -0.05) is 12.2 Å². The summed E-state index contributed by atoms with van der Waals surface area (Å²) in [6.07, 6.45) is 7.83. The SMILES string of the molecule is OCC/C=C/C1CC1. The second kappa shape index (κ2) is 2.88. The Bertz CT molecular complexity index is 82.4. The van der Waals surface area contributed by atoms with Crippen LogP contribution in [0.15, 0.2) is 12.2 Å². The highest BCUT2D eigenvalue weighted by molar-refractivity contribution is 4.95. The van der Waals surface area contributed by atoms with Crippen LogP contribution in [0.2, 0.25) is 0 Å². The summed E-state index contributed by atoms with van der Waals surface area (Å²) in [6.45, 7) is 0.295. The summed E-state index contributed by atoms with van der Waals surface area (Å²) in [4.78, 5) is 0. The van der Waals surface area contributed by atoms with E-state index in [2.05, 4.69) is 12.2 Å². The number of hydrogen-bond acceptors (Lipinski definition) is 1. The summed E-state index contributed by atoms with van der Waals surface area (Å²) in [5.74, 6) is 0.863. The fourth-order valence-corrected chi connectivity index (χ4v) is 0.652. The summed E-state index contributed by atoms with van der Waals surface area (Å²) < 4.78 is 0. The lowest BCUT2D eigenvalue weighted by Crippen LogP contribution is -1.75. The maximum atomic E-state index is 8.35. The maximum Gasteiger partial charge on any atom is 0.0465 e. The zero-order valence-corrected chi connectivity index (χ0v) is 5.01. The number of allylic oxidation sites excluding steroid dienone is 1. The first kappa shape index (κ1) is 5.83. The van der Waals surface area contributed by atoms with Gasteiger partial charge in [0.1, 0.15) is 0 Å². The number of aliphatic hydroxyl groups excluding tert-OH is 1. The van der Waals surface area contributed by atoms with Gasteiger partial charge in [0.15, 0.2) is 0 Å². The molecular weight excluding hydrogens is 100 g/mol. The predicted molar refractivity (Wildman–Crippen MR) is 33.6 cm³/mol. The van der Waals surface area contributed by atoms with Gasteiger partial charge in [0.2, 0.25) is 0 Å². The highest BCUT2D eigenvalue weighted by atomic mass is 16.2. The van der Waals surface area contributed by atoms with Crippen molar-refractivity contribution in [1.82, 2.24) is 0 Å². The van der Waals surface area contributed by atoms with Crippen molar-refractivity contribution < 1.29 is 5.11 Å². The fourth-order valence-electron chi connectivity index (χ4n) is 0.652. The van der Waals surface area contributed by atoms with Gasteiger partial charge in [0, 0.05) is 6.61 Å². The van der Waals surface area contributed by atoms with E-state index in [4.69, 9.17) is 5.11 Å². The molecule has 1 fully saturated rings. The van der Waals surface area contributed by atoms with Crippen molar-refractivity contribution in [2.24, 2.45) is 5.92 Å². The molecule has 1 aliphatic rings. The van der Waals surface area contributed by atoms with Gasteiger partial charge in [0.25, 0.3) is 0 Å². The second-order valence-electron chi connectivity index (χ2n) is 2.28. The van der Waals surface area contributed by atoms with Gasteiger partial charge in [-0.05, 0) is 25.2 Å². The molecule has 0 radical (unpaired) electrons. The Balaban J connectivity index is 1.96. The van der Waals surface area contributed by atoms with Crippen LogP contribution in [-0.2, 0) is 0 Å². The number of rotatable bonds is 3. The van der Waals surface area contributed by atoms with E-state index in [0.29, 0.717) is 6.61 Å². The topological polar surface area (TPSA) is 20.2 Å². The van der Waals surface area contributed by atoms with Crippen molar-refractivity contribution in [3.05, 3.63) is 12.2 Å². The molecular formula is C7H12O. The average Bonchev–Trinajstić information content (AvgIpc) is 2.51. The summed E-state index contributed by atoms with van der Waals surface area (Å²) in [5, 5.41) is 8.35. The smallest absolute Gasteiger partial charge is 0.0465 e. The molecule has 1 aliphatic carbocycles. The van der Waals surface area contributed by atoms with E-state index >= 15 is 0 Å².